The average molecular weight is 1180 g/mol. The first kappa shape index (κ1) is 61.5. The molecule has 2 aliphatic rings. The molecule has 0 aliphatic carbocycles. The monoisotopic (exact) mass is 1180 g/mol. The molecule has 0 radical (unpaired) electrons. The van der Waals surface area contributed by atoms with Gasteiger partial charge in [0.1, 0.15) is 59.9 Å². The lowest BCUT2D eigenvalue weighted by Crippen LogP contribution is -2.61. The van der Waals surface area contributed by atoms with Crippen LogP contribution < -0.4 is 47.7 Å². The Labute approximate surface area is 493 Å². The maximum atomic E-state index is 14.0. The number of carbonyl (C=O) groups excluding carboxylic acids is 6. The Morgan fingerprint density at radius 2 is 0.709 bits per heavy atom. The molecule has 0 spiro atoms. The van der Waals surface area contributed by atoms with E-state index in [1.165, 1.54) is 54.6 Å². The first-order valence-corrected chi connectivity index (χ1v) is 26.2. The lowest BCUT2D eigenvalue weighted by Gasteiger charge is -2.53. The van der Waals surface area contributed by atoms with E-state index in [0.717, 1.165) is 24.3 Å². The molecule has 86 heavy (non-hydrogen) atoms. The van der Waals surface area contributed by atoms with Gasteiger partial charge in [-0.3, -0.25) is 0 Å². The van der Waals surface area contributed by atoms with Crippen LogP contribution in [-0.4, -0.2) is 75.2 Å². The van der Waals surface area contributed by atoms with E-state index < -0.39 is 72.4 Å². The zero-order chi connectivity index (χ0) is 61.4. The van der Waals surface area contributed by atoms with E-state index in [0.29, 0.717) is 39.5 Å². The maximum Gasteiger partial charge on any atom is 0.343 e. The maximum absolute atomic E-state index is 14.0. The zero-order valence-corrected chi connectivity index (χ0v) is 47.1. The normalized spacial score (nSPS) is 14.6. The highest BCUT2D eigenvalue weighted by Gasteiger charge is 2.56. The Bertz CT molecular complexity index is 3480. The van der Waals surface area contributed by atoms with Crippen LogP contribution in [0.2, 0.25) is 0 Å². The third-order valence-corrected chi connectivity index (χ3v) is 13.2. The number of ether oxygens (including phenoxy) is 12. The fraction of sp³-hybridized carbons (Fsp3) is 0.219. The first-order chi connectivity index (χ1) is 41.4. The van der Waals surface area contributed by atoms with Crippen molar-refractivity contribution in [3.63, 3.8) is 0 Å². The summed E-state index contributed by atoms with van der Waals surface area (Å²) in [6.45, 7) is 19.7. The summed E-state index contributed by atoms with van der Waals surface area (Å²) in [5.74, 6) is -2.34. The molecule has 2 atom stereocenters. The lowest BCUT2D eigenvalue weighted by molar-refractivity contribution is -0.239. The Morgan fingerprint density at radius 1 is 0.419 bits per heavy atom. The van der Waals surface area contributed by atoms with Crippen LogP contribution in [0.15, 0.2) is 172 Å². The largest absolute Gasteiger partial charge is 0.485 e. The Balaban J connectivity index is 1.07. The second kappa shape index (κ2) is 28.1. The van der Waals surface area contributed by atoms with Gasteiger partial charge in [0.25, 0.3) is 0 Å². The molecule has 2 aliphatic heterocycles. The zero-order valence-electron chi connectivity index (χ0n) is 47.1. The van der Waals surface area contributed by atoms with Gasteiger partial charge in [-0.25, -0.2) is 28.8 Å². The Hall–Kier alpha value is -10.6. The molecule has 2 heterocycles. The minimum Gasteiger partial charge on any atom is -0.485 e. The van der Waals surface area contributed by atoms with Crippen molar-refractivity contribution in [2.45, 2.75) is 63.9 Å². The van der Waals surface area contributed by atoms with Crippen LogP contribution >= 0.6 is 0 Å². The number of benzene rings is 6. The smallest absolute Gasteiger partial charge is 0.343 e. The molecule has 8 rings (SSSR count). The fourth-order valence-corrected chi connectivity index (χ4v) is 8.57. The molecule has 0 N–H and O–H groups in total. The van der Waals surface area contributed by atoms with E-state index in [4.69, 9.17) is 76.4 Å². The van der Waals surface area contributed by atoms with Gasteiger partial charge >= 0.3 is 35.8 Å². The quantitative estimate of drug-likeness (QED) is 0.00842. The Morgan fingerprint density at radius 3 is 1.05 bits per heavy atom. The van der Waals surface area contributed by atoms with Gasteiger partial charge in [-0.1, -0.05) is 78.3 Å². The van der Waals surface area contributed by atoms with Crippen molar-refractivity contribution in [2.24, 2.45) is 0 Å². The highest BCUT2D eigenvalue weighted by molar-refractivity contribution is 5.94. The number of carbonyl (C=O) groups is 6. The predicted molar refractivity (Wildman–Crippen MR) is 301 cm³/mol. The minimum atomic E-state index is -0.948. The lowest BCUT2D eigenvalue weighted by atomic mass is 9.65. The van der Waals surface area contributed by atoms with Crippen molar-refractivity contribution in [1.29, 1.82) is 0 Å². The van der Waals surface area contributed by atoms with Crippen molar-refractivity contribution in [2.75, 3.05) is 27.2 Å². The van der Waals surface area contributed by atoms with E-state index in [1.54, 1.807) is 66.7 Å². The summed E-state index contributed by atoms with van der Waals surface area (Å²) < 4.78 is 67.2. The standard InChI is InChI=1S/C64H58O22/c1-9-55(65)75-35-71-43-21-13-39(14-22-43)33-79-85-53-30-48-50(32-54(53)86-80-34-40-15-23-44(24-16-40)72-36-76-56(66)10-2)82-59-60(64(48,7)8)81-49-31-52(84-62(70)42-19-27-46(28-20-42)74-38-78-58(68)12-4)51(29-47(49)63(59,5)6)83-61(69)41-17-25-45(26-18-41)73-37-77-57(67)11-3/h9-32,59-60H,1-4,33-38H2,5-8H3. The van der Waals surface area contributed by atoms with Gasteiger partial charge in [-0.05, 0) is 96.1 Å². The van der Waals surface area contributed by atoms with Crippen molar-refractivity contribution >= 4 is 35.8 Å². The van der Waals surface area contributed by atoms with Gasteiger partial charge < -0.3 is 66.6 Å². The number of hydrogen-bond donors (Lipinski definition) is 0. The summed E-state index contributed by atoms with van der Waals surface area (Å²) in [5.41, 5.74) is 0.845. The molecule has 22 heteroatoms. The summed E-state index contributed by atoms with van der Waals surface area (Å²) in [4.78, 5) is 97.3. The van der Waals surface area contributed by atoms with Crippen LogP contribution in [0.3, 0.4) is 0 Å². The summed E-state index contributed by atoms with van der Waals surface area (Å²) in [6.07, 6.45) is 2.56. The molecule has 6 aromatic carbocycles. The molecule has 0 amide bonds. The first-order valence-electron chi connectivity index (χ1n) is 26.2. The number of rotatable bonds is 28. The average Bonchev–Trinajstić information content (AvgIpc) is 0.728. The van der Waals surface area contributed by atoms with Crippen LogP contribution in [0, 0.1) is 0 Å². The number of hydrogen-bond acceptors (Lipinski definition) is 22. The number of fused-ring (bicyclic) bond motifs is 3. The SMILES string of the molecule is C=CC(=O)OCOc1ccc(COOc2cc3c(cc2OOCc2ccc(OCOC(=O)C=C)cc2)C(C)(C)C2Oc4cc(OC(=O)c5ccc(OCOC(=O)C=C)cc5)c(OC(=O)c5ccc(OCOC(=O)C=C)cc5)cc4C(C)(C)C2O3)cc1. The molecule has 0 saturated carbocycles. The van der Waals surface area contributed by atoms with Crippen molar-refractivity contribution < 1.29 is 105 Å². The molecule has 446 valence electrons. The molecule has 0 fully saturated rings. The van der Waals surface area contributed by atoms with Crippen LogP contribution in [0.25, 0.3) is 0 Å². The van der Waals surface area contributed by atoms with Gasteiger partial charge in [0.15, 0.2) is 11.5 Å². The van der Waals surface area contributed by atoms with Crippen LogP contribution in [-0.2, 0) is 71.9 Å². The van der Waals surface area contributed by atoms with E-state index in [9.17, 15) is 28.8 Å². The Kier molecular flexibility index (Phi) is 20.1. The van der Waals surface area contributed by atoms with Gasteiger partial charge in [-0.2, -0.15) is 9.78 Å². The van der Waals surface area contributed by atoms with Crippen LogP contribution in [0.1, 0.15) is 70.7 Å². The van der Waals surface area contributed by atoms with Crippen molar-refractivity contribution in [3.8, 4) is 57.5 Å². The molecular weight excluding hydrogens is 1120 g/mol. The molecule has 22 nitrogen and oxygen atoms in total. The molecular formula is C64H58O22. The second-order valence-corrected chi connectivity index (χ2v) is 19.6. The van der Waals surface area contributed by atoms with Gasteiger partial charge in [0.2, 0.25) is 38.7 Å². The number of esters is 6. The molecule has 2 unspecified atom stereocenters. The van der Waals surface area contributed by atoms with E-state index in [2.05, 4.69) is 26.3 Å². The molecule has 0 saturated heterocycles. The third-order valence-electron chi connectivity index (χ3n) is 13.2. The van der Waals surface area contributed by atoms with Gasteiger partial charge in [-0.15, -0.1) is 0 Å². The fourth-order valence-electron chi connectivity index (χ4n) is 8.57. The summed E-state index contributed by atoms with van der Waals surface area (Å²) in [7, 11) is 0. The van der Waals surface area contributed by atoms with Gasteiger partial charge in [0, 0.05) is 58.4 Å². The topological polar surface area (TPSA) is 250 Å². The van der Waals surface area contributed by atoms with E-state index in [-0.39, 0.29) is 78.2 Å². The van der Waals surface area contributed by atoms with Crippen molar-refractivity contribution in [3.05, 3.63) is 205 Å². The minimum absolute atomic E-state index is 0.0419. The summed E-state index contributed by atoms with van der Waals surface area (Å²) in [5, 5.41) is 0. The van der Waals surface area contributed by atoms with E-state index in [1.807, 2.05) is 27.7 Å². The summed E-state index contributed by atoms with van der Waals surface area (Å²) in [6, 6.07) is 31.5. The molecule has 0 aromatic heterocycles. The molecule has 0 bridgehead atoms. The second-order valence-electron chi connectivity index (χ2n) is 19.6. The highest BCUT2D eigenvalue weighted by atomic mass is 17.2. The van der Waals surface area contributed by atoms with Crippen molar-refractivity contribution in [1.82, 2.24) is 0 Å². The van der Waals surface area contributed by atoms with Crippen LogP contribution in [0.5, 0.6) is 57.5 Å². The molecule has 6 aromatic rings. The van der Waals surface area contributed by atoms with Crippen LogP contribution in [0.4, 0.5) is 0 Å². The third kappa shape index (κ3) is 15.5. The van der Waals surface area contributed by atoms with Gasteiger partial charge in [0.05, 0.1) is 11.1 Å². The summed E-state index contributed by atoms with van der Waals surface area (Å²) >= 11 is 0. The highest BCUT2D eigenvalue weighted by Crippen LogP contribution is 2.55. The van der Waals surface area contributed by atoms with E-state index >= 15 is 0 Å². The predicted octanol–water partition coefficient (Wildman–Crippen LogP) is 10.2.